The molecule has 3 aliphatic rings. The number of aliphatic imine (C=N–C) groups is 1. The standard InChI is InChI=1S/C21H34N4O2S/c1-14-13-25(8-10-26-14)16(17-6-5-11-28-17)12-23-20(22-4)24-18-15-7-9-27-19(15)21(18,2)3/h5-6,11,14-16,18-19H,7-10,12-13H2,1-4H3,(H2,22,23,24). The number of hydrogen-bond acceptors (Lipinski definition) is 5. The van der Waals surface area contributed by atoms with Crippen molar-refractivity contribution in [3.05, 3.63) is 22.4 Å². The summed E-state index contributed by atoms with van der Waals surface area (Å²) < 4.78 is 11.7. The Kier molecular flexibility index (Phi) is 5.97. The normalized spacial score (nSPS) is 33.8. The van der Waals surface area contributed by atoms with E-state index in [1.54, 1.807) is 0 Å². The molecule has 2 N–H and O–H groups in total. The molecular formula is C21H34N4O2S. The zero-order chi connectivity index (χ0) is 19.7. The number of morpholine rings is 1. The van der Waals surface area contributed by atoms with Crippen LogP contribution in [0.4, 0.5) is 0 Å². The zero-order valence-electron chi connectivity index (χ0n) is 17.5. The number of hydrogen-bond donors (Lipinski definition) is 2. The van der Waals surface area contributed by atoms with Crippen molar-refractivity contribution in [2.45, 2.75) is 51.5 Å². The van der Waals surface area contributed by atoms with Crippen molar-refractivity contribution in [1.29, 1.82) is 0 Å². The van der Waals surface area contributed by atoms with Crippen molar-refractivity contribution < 1.29 is 9.47 Å². The molecule has 3 heterocycles. The first-order valence-corrected chi connectivity index (χ1v) is 11.4. The molecule has 2 aliphatic heterocycles. The van der Waals surface area contributed by atoms with Crippen molar-refractivity contribution in [2.24, 2.45) is 16.3 Å². The predicted octanol–water partition coefficient (Wildman–Crippen LogP) is 2.49. The van der Waals surface area contributed by atoms with E-state index in [9.17, 15) is 0 Å². The molecule has 7 heteroatoms. The topological polar surface area (TPSA) is 58.1 Å². The molecule has 5 atom stereocenters. The van der Waals surface area contributed by atoms with E-state index in [1.807, 2.05) is 18.4 Å². The number of nitrogens with zero attached hydrogens (tertiary/aromatic N) is 2. The predicted molar refractivity (Wildman–Crippen MR) is 114 cm³/mol. The third kappa shape index (κ3) is 3.82. The van der Waals surface area contributed by atoms with Gasteiger partial charge in [-0.2, -0.15) is 0 Å². The Bertz CT molecular complexity index is 678. The van der Waals surface area contributed by atoms with Crippen molar-refractivity contribution in [1.82, 2.24) is 15.5 Å². The minimum Gasteiger partial charge on any atom is -0.377 e. The highest BCUT2D eigenvalue weighted by Crippen LogP contribution is 2.52. The Labute approximate surface area is 172 Å². The van der Waals surface area contributed by atoms with Crippen LogP contribution in [0.3, 0.4) is 0 Å². The summed E-state index contributed by atoms with van der Waals surface area (Å²) in [4.78, 5) is 8.45. The van der Waals surface area contributed by atoms with Gasteiger partial charge in [0.25, 0.3) is 0 Å². The zero-order valence-corrected chi connectivity index (χ0v) is 18.3. The lowest BCUT2D eigenvalue weighted by Gasteiger charge is -2.55. The van der Waals surface area contributed by atoms with E-state index in [-0.39, 0.29) is 11.5 Å². The first-order chi connectivity index (χ1) is 13.5. The minimum atomic E-state index is 0.144. The van der Waals surface area contributed by atoms with E-state index >= 15 is 0 Å². The summed E-state index contributed by atoms with van der Waals surface area (Å²) in [6.45, 7) is 11.2. The van der Waals surface area contributed by atoms with Crippen LogP contribution < -0.4 is 10.6 Å². The maximum absolute atomic E-state index is 5.93. The van der Waals surface area contributed by atoms with Crippen LogP contribution in [-0.4, -0.2) is 69.0 Å². The average molecular weight is 407 g/mol. The summed E-state index contributed by atoms with van der Waals surface area (Å²) >= 11 is 1.83. The van der Waals surface area contributed by atoms with E-state index in [1.165, 1.54) is 4.88 Å². The van der Waals surface area contributed by atoms with E-state index in [0.717, 1.165) is 45.2 Å². The minimum absolute atomic E-state index is 0.144. The fraction of sp³-hybridized carbons (Fsp3) is 0.762. The van der Waals surface area contributed by atoms with Crippen molar-refractivity contribution in [2.75, 3.05) is 39.9 Å². The first kappa shape index (κ1) is 20.1. The SMILES string of the molecule is CN=C(NCC(c1cccs1)N1CCOC(C)C1)NC1C2CCOC2C1(C)C. The van der Waals surface area contributed by atoms with Crippen LogP contribution in [0.5, 0.6) is 0 Å². The van der Waals surface area contributed by atoms with Crippen LogP contribution >= 0.6 is 11.3 Å². The van der Waals surface area contributed by atoms with Gasteiger partial charge in [0.15, 0.2) is 5.96 Å². The highest BCUT2D eigenvalue weighted by molar-refractivity contribution is 7.10. The average Bonchev–Trinajstić information content (AvgIpc) is 3.35. The highest BCUT2D eigenvalue weighted by atomic mass is 32.1. The molecule has 2 saturated heterocycles. The van der Waals surface area contributed by atoms with Crippen LogP contribution in [0.1, 0.15) is 38.1 Å². The van der Waals surface area contributed by atoms with Crippen LogP contribution in [0.25, 0.3) is 0 Å². The number of nitrogens with one attached hydrogen (secondary N) is 2. The van der Waals surface area contributed by atoms with Gasteiger partial charge in [-0.15, -0.1) is 11.3 Å². The number of thiophene rings is 1. The Balaban J connectivity index is 1.40. The van der Waals surface area contributed by atoms with Gasteiger partial charge in [-0.1, -0.05) is 19.9 Å². The quantitative estimate of drug-likeness (QED) is 0.581. The van der Waals surface area contributed by atoms with E-state index in [0.29, 0.717) is 24.1 Å². The number of fused-ring (bicyclic) bond motifs is 1. The van der Waals surface area contributed by atoms with Gasteiger partial charge in [-0.25, -0.2) is 0 Å². The molecule has 0 bridgehead atoms. The molecule has 1 aromatic rings. The van der Waals surface area contributed by atoms with E-state index < -0.39 is 0 Å². The molecule has 28 heavy (non-hydrogen) atoms. The van der Waals surface area contributed by atoms with Gasteiger partial charge in [0.2, 0.25) is 0 Å². The van der Waals surface area contributed by atoms with Gasteiger partial charge in [0.05, 0.1) is 24.9 Å². The second-order valence-corrected chi connectivity index (χ2v) is 9.83. The maximum Gasteiger partial charge on any atom is 0.191 e. The molecule has 0 spiro atoms. The molecule has 1 saturated carbocycles. The molecule has 0 amide bonds. The molecular weight excluding hydrogens is 372 g/mol. The van der Waals surface area contributed by atoms with Gasteiger partial charge < -0.3 is 20.1 Å². The number of ether oxygens (including phenoxy) is 2. The smallest absolute Gasteiger partial charge is 0.191 e. The van der Waals surface area contributed by atoms with Crippen molar-refractivity contribution in [3.63, 3.8) is 0 Å². The van der Waals surface area contributed by atoms with Gasteiger partial charge in [0.1, 0.15) is 0 Å². The van der Waals surface area contributed by atoms with Gasteiger partial charge in [-0.05, 0) is 24.8 Å². The molecule has 0 radical (unpaired) electrons. The summed E-state index contributed by atoms with van der Waals surface area (Å²) in [5.74, 6) is 1.49. The molecule has 6 nitrogen and oxygen atoms in total. The van der Waals surface area contributed by atoms with Gasteiger partial charge >= 0.3 is 0 Å². The maximum atomic E-state index is 5.93. The molecule has 156 valence electrons. The fourth-order valence-corrected chi connectivity index (χ4v) is 6.03. The summed E-state index contributed by atoms with van der Waals surface area (Å²) in [5.41, 5.74) is 0.144. The van der Waals surface area contributed by atoms with E-state index in [2.05, 4.69) is 58.8 Å². The number of guanidine groups is 1. The molecule has 1 aromatic heterocycles. The largest absolute Gasteiger partial charge is 0.377 e. The lowest BCUT2D eigenvalue weighted by atomic mass is 9.57. The third-order valence-electron chi connectivity index (χ3n) is 6.66. The molecule has 1 aliphatic carbocycles. The Morgan fingerprint density at radius 1 is 1.39 bits per heavy atom. The number of rotatable bonds is 5. The fourth-order valence-electron chi connectivity index (χ4n) is 5.17. The van der Waals surface area contributed by atoms with Crippen LogP contribution in [0, 0.1) is 11.3 Å². The highest BCUT2D eigenvalue weighted by Gasteiger charge is 2.59. The molecule has 0 aromatic carbocycles. The summed E-state index contributed by atoms with van der Waals surface area (Å²) in [7, 11) is 1.86. The first-order valence-electron chi connectivity index (χ1n) is 10.5. The van der Waals surface area contributed by atoms with Crippen LogP contribution in [0.2, 0.25) is 0 Å². The monoisotopic (exact) mass is 406 g/mol. The van der Waals surface area contributed by atoms with Crippen LogP contribution in [0.15, 0.2) is 22.5 Å². The molecule has 4 rings (SSSR count). The second kappa shape index (κ2) is 8.30. The van der Waals surface area contributed by atoms with E-state index in [4.69, 9.17) is 9.47 Å². The lowest BCUT2D eigenvalue weighted by molar-refractivity contribution is -0.106. The van der Waals surface area contributed by atoms with Gasteiger partial charge in [-0.3, -0.25) is 9.89 Å². The summed E-state index contributed by atoms with van der Waals surface area (Å²) in [6, 6.07) is 5.13. The molecule has 5 unspecified atom stereocenters. The van der Waals surface area contributed by atoms with Crippen molar-refractivity contribution in [3.8, 4) is 0 Å². The Hall–Kier alpha value is -1.15. The Morgan fingerprint density at radius 2 is 2.25 bits per heavy atom. The van der Waals surface area contributed by atoms with Gasteiger partial charge in [0, 0.05) is 55.5 Å². The Morgan fingerprint density at radius 3 is 2.96 bits per heavy atom. The second-order valence-electron chi connectivity index (χ2n) is 8.85. The van der Waals surface area contributed by atoms with Crippen molar-refractivity contribution >= 4 is 17.3 Å². The van der Waals surface area contributed by atoms with Crippen LogP contribution in [-0.2, 0) is 9.47 Å². The summed E-state index contributed by atoms with van der Waals surface area (Å²) in [5, 5.41) is 9.47. The molecule has 3 fully saturated rings. The lowest BCUT2D eigenvalue weighted by Crippen LogP contribution is -2.68. The third-order valence-corrected chi connectivity index (χ3v) is 7.64. The summed E-state index contributed by atoms with van der Waals surface area (Å²) in [6.07, 6.45) is 1.81.